The Labute approximate surface area is 104 Å². The molecule has 1 rings (SSSR count). The number of carbonyl (C=O) groups is 2. The molecule has 0 radical (unpaired) electrons. The van der Waals surface area contributed by atoms with Crippen LogP contribution in [0.4, 0.5) is 0 Å². The highest BCUT2D eigenvalue weighted by Gasteiger charge is 2.20. The van der Waals surface area contributed by atoms with Crippen molar-refractivity contribution in [1.29, 1.82) is 0 Å². The maximum Gasteiger partial charge on any atom is 0.313 e. The lowest BCUT2D eigenvalue weighted by Gasteiger charge is -2.20. The van der Waals surface area contributed by atoms with Gasteiger partial charge >= 0.3 is 5.97 Å². The predicted molar refractivity (Wildman–Crippen MR) is 68.0 cm³/mol. The number of amides is 1. The van der Waals surface area contributed by atoms with Gasteiger partial charge in [-0.05, 0) is 24.3 Å². The molecular weight excluding hydrogens is 246 g/mol. The van der Waals surface area contributed by atoms with Gasteiger partial charge in [0, 0.05) is 18.2 Å². The van der Waals surface area contributed by atoms with E-state index in [1.165, 1.54) is 11.8 Å². The lowest BCUT2D eigenvalue weighted by atomic mass is 10.0. The van der Waals surface area contributed by atoms with Crippen LogP contribution in [0.15, 0.2) is 0 Å². The second-order valence-electron chi connectivity index (χ2n) is 3.62. The summed E-state index contributed by atoms with van der Waals surface area (Å²) in [7, 11) is 0. The molecule has 6 heteroatoms. The van der Waals surface area contributed by atoms with Crippen LogP contribution in [-0.4, -0.2) is 46.5 Å². The number of aliphatic carboxylic acids is 1. The molecule has 16 heavy (non-hydrogen) atoms. The van der Waals surface area contributed by atoms with E-state index in [2.05, 4.69) is 5.32 Å². The van der Waals surface area contributed by atoms with Gasteiger partial charge in [0.25, 0.3) is 0 Å². The summed E-state index contributed by atoms with van der Waals surface area (Å²) in [5.74, 6) is 2.43. The van der Waals surface area contributed by atoms with Crippen molar-refractivity contribution in [3.05, 3.63) is 0 Å². The molecule has 1 saturated heterocycles. The van der Waals surface area contributed by atoms with Crippen molar-refractivity contribution in [2.45, 2.75) is 12.8 Å². The Kier molecular flexibility index (Phi) is 6.71. The molecule has 1 aliphatic heterocycles. The molecule has 0 aromatic carbocycles. The van der Waals surface area contributed by atoms with Crippen LogP contribution in [0.3, 0.4) is 0 Å². The second-order valence-corrected chi connectivity index (χ2v) is 5.95. The average molecular weight is 263 g/mol. The van der Waals surface area contributed by atoms with E-state index in [0.717, 1.165) is 24.3 Å². The monoisotopic (exact) mass is 263 g/mol. The van der Waals surface area contributed by atoms with Crippen LogP contribution in [0.5, 0.6) is 0 Å². The van der Waals surface area contributed by atoms with E-state index in [9.17, 15) is 9.59 Å². The van der Waals surface area contributed by atoms with E-state index in [1.807, 2.05) is 11.8 Å². The van der Waals surface area contributed by atoms with Gasteiger partial charge in [-0.3, -0.25) is 9.59 Å². The molecule has 0 spiro atoms. The van der Waals surface area contributed by atoms with Crippen LogP contribution in [0.1, 0.15) is 12.8 Å². The van der Waals surface area contributed by atoms with Gasteiger partial charge in [0.1, 0.15) is 0 Å². The number of hydrogen-bond acceptors (Lipinski definition) is 4. The molecule has 0 aromatic rings. The number of hydrogen-bond donors (Lipinski definition) is 2. The van der Waals surface area contributed by atoms with Gasteiger partial charge in [0.05, 0.1) is 5.75 Å². The van der Waals surface area contributed by atoms with Crippen LogP contribution in [0.2, 0.25) is 0 Å². The number of nitrogens with one attached hydrogen (secondary N) is 1. The third-order valence-electron chi connectivity index (χ3n) is 2.36. The summed E-state index contributed by atoms with van der Waals surface area (Å²) in [5.41, 5.74) is 0. The molecule has 92 valence electrons. The van der Waals surface area contributed by atoms with Crippen LogP contribution in [-0.2, 0) is 9.59 Å². The maximum atomic E-state index is 11.6. The number of rotatable bonds is 6. The Bertz CT molecular complexity index is 242. The summed E-state index contributed by atoms with van der Waals surface area (Å²) in [4.78, 5) is 21.9. The fraction of sp³-hybridized carbons (Fsp3) is 0.800. The maximum absolute atomic E-state index is 11.6. The van der Waals surface area contributed by atoms with Crippen molar-refractivity contribution in [3.8, 4) is 0 Å². The number of carboxylic acid groups (broad SMARTS) is 1. The van der Waals surface area contributed by atoms with Crippen LogP contribution < -0.4 is 5.32 Å². The lowest BCUT2D eigenvalue weighted by molar-refractivity contribution is -0.134. The quantitative estimate of drug-likeness (QED) is 0.702. The van der Waals surface area contributed by atoms with Crippen molar-refractivity contribution < 1.29 is 14.7 Å². The van der Waals surface area contributed by atoms with Crippen molar-refractivity contribution in [2.75, 3.05) is 29.6 Å². The van der Waals surface area contributed by atoms with Crippen LogP contribution >= 0.6 is 23.5 Å². The van der Waals surface area contributed by atoms with Crippen molar-refractivity contribution in [2.24, 2.45) is 5.92 Å². The van der Waals surface area contributed by atoms with Crippen molar-refractivity contribution >= 4 is 35.4 Å². The van der Waals surface area contributed by atoms with Gasteiger partial charge < -0.3 is 10.4 Å². The van der Waals surface area contributed by atoms with Gasteiger partial charge in [-0.15, -0.1) is 11.8 Å². The Balaban J connectivity index is 2.03. The van der Waals surface area contributed by atoms with E-state index >= 15 is 0 Å². The lowest BCUT2D eigenvalue weighted by Crippen LogP contribution is -2.34. The van der Waals surface area contributed by atoms with Gasteiger partial charge in [0.15, 0.2) is 0 Å². The van der Waals surface area contributed by atoms with Crippen molar-refractivity contribution in [3.63, 3.8) is 0 Å². The van der Waals surface area contributed by atoms with Gasteiger partial charge in [-0.2, -0.15) is 11.8 Å². The van der Waals surface area contributed by atoms with Crippen LogP contribution in [0, 0.1) is 5.92 Å². The molecule has 2 N–H and O–H groups in total. The van der Waals surface area contributed by atoms with Gasteiger partial charge in [-0.1, -0.05) is 0 Å². The molecule has 0 bridgehead atoms. The second kappa shape index (κ2) is 7.84. The summed E-state index contributed by atoms with van der Waals surface area (Å²) in [6.45, 7) is 0.570. The topological polar surface area (TPSA) is 66.4 Å². The molecule has 0 aliphatic carbocycles. The smallest absolute Gasteiger partial charge is 0.313 e. The highest BCUT2D eigenvalue weighted by Crippen LogP contribution is 2.22. The third-order valence-corrected chi connectivity index (χ3v) is 4.36. The minimum absolute atomic E-state index is 0.107. The average Bonchev–Trinajstić information content (AvgIpc) is 2.29. The summed E-state index contributed by atoms with van der Waals surface area (Å²) in [6.07, 6.45) is 1.94. The zero-order valence-corrected chi connectivity index (χ0v) is 10.7. The Hall–Kier alpha value is -0.360. The number of carbonyl (C=O) groups excluding carboxylic acids is 1. The number of carboxylic acids is 1. The van der Waals surface area contributed by atoms with E-state index in [-0.39, 0.29) is 17.6 Å². The largest absolute Gasteiger partial charge is 0.481 e. The first kappa shape index (κ1) is 13.7. The Morgan fingerprint density at radius 3 is 2.69 bits per heavy atom. The summed E-state index contributed by atoms with van der Waals surface area (Å²) >= 11 is 3.23. The van der Waals surface area contributed by atoms with Crippen LogP contribution in [0.25, 0.3) is 0 Å². The molecule has 0 atom stereocenters. The molecule has 0 aromatic heterocycles. The molecule has 0 saturated carbocycles. The first-order chi connectivity index (χ1) is 7.70. The highest BCUT2D eigenvalue weighted by molar-refractivity contribution is 8.00. The third kappa shape index (κ3) is 5.65. The van der Waals surface area contributed by atoms with Gasteiger partial charge in [-0.25, -0.2) is 0 Å². The standard InChI is InChI=1S/C10H17NO3S2/c12-9(13)7-16-6-3-11-10(14)8-1-4-15-5-2-8/h8H,1-7H2,(H,11,14)(H,12,13). The fourth-order valence-corrected chi connectivity index (χ4v) is 3.18. The zero-order valence-electron chi connectivity index (χ0n) is 9.11. The van der Waals surface area contributed by atoms with E-state index < -0.39 is 5.97 Å². The minimum atomic E-state index is -0.805. The normalized spacial score (nSPS) is 17.0. The fourth-order valence-electron chi connectivity index (χ4n) is 1.51. The Morgan fingerprint density at radius 1 is 1.38 bits per heavy atom. The summed E-state index contributed by atoms with van der Waals surface area (Å²) < 4.78 is 0. The van der Waals surface area contributed by atoms with E-state index in [4.69, 9.17) is 5.11 Å². The molecule has 4 nitrogen and oxygen atoms in total. The Morgan fingerprint density at radius 2 is 2.06 bits per heavy atom. The number of thioether (sulfide) groups is 2. The predicted octanol–water partition coefficient (Wildman–Crippen LogP) is 1.06. The molecular formula is C10H17NO3S2. The summed E-state index contributed by atoms with van der Waals surface area (Å²) in [5, 5.41) is 11.3. The van der Waals surface area contributed by atoms with E-state index in [0.29, 0.717) is 12.3 Å². The minimum Gasteiger partial charge on any atom is -0.481 e. The van der Waals surface area contributed by atoms with Crippen molar-refractivity contribution in [1.82, 2.24) is 5.32 Å². The van der Waals surface area contributed by atoms with Gasteiger partial charge in [0.2, 0.25) is 5.91 Å². The first-order valence-electron chi connectivity index (χ1n) is 5.35. The molecule has 1 amide bonds. The first-order valence-corrected chi connectivity index (χ1v) is 7.66. The molecule has 1 heterocycles. The molecule has 0 unspecified atom stereocenters. The zero-order chi connectivity index (χ0) is 11.8. The highest BCUT2D eigenvalue weighted by atomic mass is 32.2. The molecule has 1 fully saturated rings. The molecule has 1 aliphatic rings. The summed E-state index contributed by atoms with van der Waals surface area (Å²) in [6, 6.07) is 0. The SMILES string of the molecule is O=C(O)CSCCNC(=O)C1CCSCC1. The van der Waals surface area contributed by atoms with E-state index in [1.54, 1.807) is 0 Å².